The van der Waals surface area contributed by atoms with E-state index in [1.54, 1.807) is 0 Å². The molecule has 4 aliphatic carbocycles. The van der Waals surface area contributed by atoms with Gasteiger partial charge in [0.25, 0.3) is 0 Å². The summed E-state index contributed by atoms with van der Waals surface area (Å²) in [5.41, 5.74) is 0.427. The number of amides is 1. The highest BCUT2D eigenvalue weighted by Crippen LogP contribution is 2.61. The summed E-state index contributed by atoms with van der Waals surface area (Å²) in [6.45, 7) is 1.99. The Morgan fingerprint density at radius 1 is 1.00 bits per heavy atom. The molecule has 0 unspecified atom stereocenters. The van der Waals surface area contributed by atoms with Gasteiger partial charge in [-0.25, -0.2) is 0 Å². The zero-order valence-corrected chi connectivity index (χ0v) is 12.6. The maximum atomic E-state index is 12.6. The Hall–Kier alpha value is -0.180. The van der Waals surface area contributed by atoms with E-state index in [1.807, 2.05) is 11.8 Å². The van der Waals surface area contributed by atoms with E-state index < -0.39 is 0 Å². The first-order valence-corrected chi connectivity index (χ1v) is 9.23. The molecule has 0 radical (unpaired) electrons. The molecule has 3 heteroatoms. The lowest BCUT2D eigenvalue weighted by molar-refractivity contribution is -0.139. The average Bonchev–Trinajstić information content (AvgIpc) is 2.37. The summed E-state index contributed by atoms with van der Waals surface area (Å²) in [5.74, 6) is 5.67. The molecule has 1 saturated heterocycles. The van der Waals surface area contributed by atoms with Gasteiger partial charge >= 0.3 is 0 Å². The van der Waals surface area contributed by atoms with Gasteiger partial charge in [-0.15, -0.1) is 0 Å². The summed E-state index contributed by atoms with van der Waals surface area (Å²) in [7, 11) is 0. The van der Waals surface area contributed by atoms with Crippen molar-refractivity contribution in [2.75, 3.05) is 24.6 Å². The molecule has 5 aliphatic rings. The van der Waals surface area contributed by atoms with Crippen molar-refractivity contribution in [3.63, 3.8) is 0 Å². The highest BCUT2D eigenvalue weighted by molar-refractivity contribution is 7.99. The predicted molar refractivity (Wildman–Crippen MR) is 79.1 cm³/mol. The van der Waals surface area contributed by atoms with Crippen molar-refractivity contribution in [3.05, 3.63) is 0 Å². The lowest BCUT2D eigenvalue weighted by Gasteiger charge is -2.57. The van der Waals surface area contributed by atoms with Gasteiger partial charge in [0.05, 0.1) is 0 Å². The van der Waals surface area contributed by atoms with Crippen LogP contribution in [0.5, 0.6) is 0 Å². The Labute approximate surface area is 120 Å². The number of hydrogen-bond acceptors (Lipinski definition) is 2. The van der Waals surface area contributed by atoms with Gasteiger partial charge in [0, 0.05) is 31.0 Å². The van der Waals surface area contributed by atoms with Gasteiger partial charge in [-0.3, -0.25) is 4.79 Å². The third-order valence-corrected chi connectivity index (χ3v) is 7.00. The Kier molecular flexibility index (Phi) is 3.09. The molecule has 5 fully saturated rings. The lowest BCUT2D eigenvalue weighted by Crippen LogP contribution is -2.49. The number of rotatable bonds is 2. The molecule has 19 heavy (non-hydrogen) atoms. The fraction of sp³-hybridized carbons (Fsp3) is 0.938. The molecular formula is C16H25NOS. The van der Waals surface area contributed by atoms with E-state index in [-0.39, 0.29) is 0 Å². The van der Waals surface area contributed by atoms with Gasteiger partial charge in [0.2, 0.25) is 5.91 Å². The smallest absolute Gasteiger partial charge is 0.223 e. The molecule has 0 spiro atoms. The molecule has 0 aromatic heterocycles. The van der Waals surface area contributed by atoms with Gasteiger partial charge < -0.3 is 4.90 Å². The van der Waals surface area contributed by atoms with Crippen LogP contribution >= 0.6 is 11.8 Å². The maximum Gasteiger partial charge on any atom is 0.223 e. The predicted octanol–water partition coefficient (Wildman–Crippen LogP) is 3.17. The minimum absolute atomic E-state index is 0.427. The van der Waals surface area contributed by atoms with Crippen LogP contribution in [0.3, 0.4) is 0 Å². The van der Waals surface area contributed by atoms with Crippen molar-refractivity contribution < 1.29 is 4.79 Å². The molecule has 4 saturated carbocycles. The van der Waals surface area contributed by atoms with E-state index in [4.69, 9.17) is 0 Å². The van der Waals surface area contributed by atoms with E-state index in [0.717, 1.165) is 48.8 Å². The SMILES string of the molecule is O=C(CC12CC3CC(CC(C3)C1)C2)N1CCSCC1. The van der Waals surface area contributed by atoms with Gasteiger partial charge in [-0.05, 0) is 61.7 Å². The van der Waals surface area contributed by atoms with Crippen LogP contribution in [-0.2, 0) is 4.79 Å². The summed E-state index contributed by atoms with van der Waals surface area (Å²) >= 11 is 1.99. The summed E-state index contributed by atoms with van der Waals surface area (Å²) < 4.78 is 0. The number of nitrogens with zero attached hydrogens (tertiary/aromatic N) is 1. The molecule has 1 aliphatic heterocycles. The average molecular weight is 279 g/mol. The van der Waals surface area contributed by atoms with Crippen LogP contribution in [0.1, 0.15) is 44.9 Å². The molecule has 2 nitrogen and oxygen atoms in total. The second-order valence-corrected chi connectivity index (χ2v) is 8.81. The zero-order chi connectivity index (χ0) is 12.9. The molecule has 0 aromatic rings. The summed E-state index contributed by atoms with van der Waals surface area (Å²) in [4.78, 5) is 14.7. The minimum atomic E-state index is 0.427. The quantitative estimate of drug-likeness (QED) is 0.774. The second-order valence-electron chi connectivity index (χ2n) is 7.59. The van der Waals surface area contributed by atoms with Crippen LogP contribution in [0.4, 0.5) is 0 Å². The van der Waals surface area contributed by atoms with Crippen molar-refractivity contribution in [2.45, 2.75) is 44.9 Å². The highest BCUT2D eigenvalue weighted by Gasteiger charge is 2.51. The molecule has 106 valence electrons. The molecular weight excluding hydrogens is 254 g/mol. The van der Waals surface area contributed by atoms with Crippen LogP contribution in [0.15, 0.2) is 0 Å². The van der Waals surface area contributed by atoms with Crippen molar-refractivity contribution in [3.8, 4) is 0 Å². The molecule has 0 aromatic carbocycles. The zero-order valence-electron chi connectivity index (χ0n) is 11.8. The molecule has 1 heterocycles. The highest BCUT2D eigenvalue weighted by atomic mass is 32.2. The van der Waals surface area contributed by atoms with Gasteiger partial charge in [-0.1, -0.05) is 0 Å². The van der Waals surface area contributed by atoms with Crippen LogP contribution in [-0.4, -0.2) is 35.4 Å². The Morgan fingerprint density at radius 3 is 2.05 bits per heavy atom. The lowest BCUT2D eigenvalue weighted by atomic mass is 9.49. The van der Waals surface area contributed by atoms with Crippen molar-refractivity contribution in [1.82, 2.24) is 4.90 Å². The number of thioether (sulfide) groups is 1. The summed E-state index contributed by atoms with van der Waals surface area (Å²) in [6.07, 6.45) is 9.42. The molecule has 0 N–H and O–H groups in total. The van der Waals surface area contributed by atoms with Crippen molar-refractivity contribution in [1.29, 1.82) is 0 Å². The first kappa shape index (κ1) is 12.6. The topological polar surface area (TPSA) is 20.3 Å². The Balaban J connectivity index is 1.45. The van der Waals surface area contributed by atoms with Crippen LogP contribution in [0, 0.1) is 23.2 Å². The van der Waals surface area contributed by atoms with Gasteiger partial charge in [-0.2, -0.15) is 11.8 Å². The normalized spacial score (nSPS) is 44.6. The standard InChI is InChI=1S/C16H25NOS/c18-15(17-1-3-19-4-2-17)11-16-8-12-5-13(9-16)7-14(6-12)10-16/h12-14H,1-11H2. The largest absolute Gasteiger partial charge is 0.341 e. The number of carbonyl (C=O) groups is 1. The van der Waals surface area contributed by atoms with Gasteiger partial charge in [0.15, 0.2) is 0 Å². The number of carbonyl (C=O) groups excluding carboxylic acids is 1. The van der Waals surface area contributed by atoms with Crippen LogP contribution < -0.4 is 0 Å². The van der Waals surface area contributed by atoms with Crippen molar-refractivity contribution >= 4 is 17.7 Å². The van der Waals surface area contributed by atoms with Crippen LogP contribution in [0.25, 0.3) is 0 Å². The fourth-order valence-electron chi connectivity index (χ4n) is 5.75. The van der Waals surface area contributed by atoms with Gasteiger partial charge in [0.1, 0.15) is 0 Å². The second kappa shape index (κ2) is 4.68. The maximum absolute atomic E-state index is 12.6. The fourth-order valence-corrected chi connectivity index (χ4v) is 6.65. The third kappa shape index (κ3) is 2.32. The third-order valence-electron chi connectivity index (χ3n) is 6.06. The van der Waals surface area contributed by atoms with E-state index >= 15 is 0 Å². The Morgan fingerprint density at radius 2 is 1.53 bits per heavy atom. The van der Waals surface area contributed by atoms with E-state index in [9.17, 15) is 4.79 Å². The molecule has 1 amide bonds. The molecule has 0 atom stereocenters. The van der Waals surface area contributed by atoms with E-state index in [2.05, 4.69) is 4.90 Å². The van der Waals surface area contributed by atoms with Crippen LogP contribution in [0.2, 0.25) is 0 Å². The van der Waals surface area contributed by atoms with Crippen molar-refractivity contribution in [2.24, 2.45) is 23.2 Å². The summed E-state index contributed by atoms with van der Waals surface area (Å²) in [6, 6.07) is 0. The first-order chi connectivity index (χ1) is 9.22. The Bertz CT molecular complexity index is 340. The summed E-state index contributed by atoms with van der Waals surface area (Å²) in [5, 5.41) is 0. The van der Waals surface area contributed by atoms with E-state index in [1.165, 1.54) is 38.5 Å². The first-order valence-electron chi connectivity index (χ1n) is 8.08. The monoisotopic (exact) mass is 279 g/mol. The minimum Gasteiger partial charge on any atom is -0.341 e. The number of hydrogen-bond donors (Lipinski definition) is 0. The van der Waals surface area contributed by atoms with E-state index in [0.29, 0.717) is 11.3 Å². The molecule has 5 rings (SSSR count). The molecule has 4 bridgehead atoms.